The maximum atomic E-state index is 6.58. The van der Waals surface area contributed by atoms with Crippen LogP contribution in [-0.4, -0.2) is 6.10 Å². The minimum absolute atomic E-state index is 0.406. The van der Waals surface area contributed by atoms with Crippen molar-refractivity contribution in [2.24, 2.45) is 35.5 Å². The van der Waals surface area contributed by atoms with Crippen LogP contribution in [0.25, 0.3) is 0 Å². The molecule has 2 saturated carbocycles. The topological polar surface area (TPSA) is 9.23 Å². The molecule has 0 aromatic heterocycles. The number of ether oxygens (including phenoxy) is 1. The molecule has 0 aromatic rings. The van der Waals surface area contributed by atoms with Crippen molar-refractivity contribution in [2.45, 2.75) is 124 Å². The zero-order chi connectivity index (χ0) is 20.5. The normalized spacial score (nSPS) is 38.4. The fourth-order valence-corrected chi connectivity index (χ4v) is 5.86. The molecule has 0 heterocycles. The van der Waals surface area contributed by atoms with Crippen LogP contribution in [0, 0.1) is 35.5 Å². The number of hydrogen-bond donors (Lipinski definition) is 0. The summed E-state index contributed by atoms with van der Waals surface area (Å²) in [5, 5.41) is 0. The average Bonchev–Trinajstić information content (AvgIpc) is 3.00. The van der Waals surface area contributed by atoms with E-state index in [2.05, 4.69) is 41.2 Å². The van der Waals surface area contributed by atoms with Crippen LogP contribution in [0.5, 0.6) is 0 Å². The van der Waals surface area contributed by atoms with Crippen molar-refractivity contribution in [1.82, 2.24) is 0 Å². The Hall–Kier alpha value is -0.460. The van der Waals surface area contributed by atoms with E-state index in [-0.39, 0.29) is 0 Å². The second-order valence-electron chi connectivity index (χ2n) is 10.4. The van der Waals surface area contributed by atoms with Crippen LogP contribution in [-0.2, 0) is 4.74 Å². The van der Waals surface area contributed by atoms with Gasteiger partial charge in [-0.15, -0.1) is 0 Å². The van der Waals surface area contributed by atoms with Gasteiger partial charge >= 0.3 is 0 Å². The second-order valence-corrected chi connectivity index (χ2v) is 10.4. The lowest BCUT2D eigenvalue weighted by Crippen LogP contribution is -2.24. The van der Waals surface area contributed by atoms with Gasteiger partial charge < -0.3 is 4.74 Å². The molecule has 4 atom stereocenters. The molecule has 0 radical (unpaired) electrons. The Morgan fingerprint density at radius 3 is 1.36 bits per heavy atom. The molecule has 0 saturated heterocycles. The molecule has 0 N–H and O–H groups in total. The standard InChI is InChI=1S/C27H50O/c1-7-23-12-14-24(8-2)16-18-26(19-17-25(9-3)15-13-23)22(6)28-27-20(4)10-11-21(27)5/h20-21,23-27H,6-19H2,1-5H3. The van der Waals surface area contributed by atoms with Gasteiger partial charge in [-0.05, 0) is 68.1 Å². The maximum absolute atomic E-state index is 6.58. The zero-order valence-corrected chi connectivity index (χ0v) is 19.8. The number of rotatable bonds is 6. The van der Waals surface area contributed by atoms with Crippen LogP contribution in [0.15, 0.2) is 12.3 Å². The minimum Gasteiger partial charge on any atom is -0.495 e. The van der Waals surface area contributed by atoms with Gasteiger partial charge in [0.2, 0.25) is 0 Å². The van der Waals surface area contributed by atoms with E-state index in [0.717, 1.165) is 23.5 Å². The van der Waals surface area contributed by atoms with Gasteiger partial charge in [0.1, 0.15) is 6.10 Å². The first-order chi connectivity index (χ1) is 13.5. The molecule has 2 aliphatic rings. The fraction of sp³-hybridized carbons (Fsp3) is 0.926. The van der Waals surface area contributed by atoms with Crippen molar-refractivity contribution in [3.63, 3.8) is 0 Å². The van der Waals surface area contributed by atoms with E-state index in [1.54, 1.807) is 0 Å². The van der Waals surface area contributed by atoms with Gasteiger partial charge in [0.05, 0.1) is 5.76 Å². The lowest BCUT2D eigenvalue weighted by molar-refractivity contribution is 0.0392. The Kier molecular flexibility index (Phi) is 10.4. The Labute approximate surface area is 177 Å². The molecule has 2 fully saturated rings. The van der Waals surface area contributed by atoms with Crippen molar-refractivity contribution >= 4 is 0 Å². The highest BCUT2D eigenvalue weighted by Gasteiger charge is 2.33. The van der Waals surface area contributed by atoms with Gasteiger partial charge in [0.15, 0.2) is 0 Å². The van der Waals surface area contributed by atoms with Crippen molar-refractivity contribution < 1.29 is 4.74 Å². The molecule has 28 heavy (non-hydrogen) atoms. The Bertz CT molecular complexity index is 412. The molecule has 0 amide bonds. The highest BCUT2D eigenvalue weighted by atomic mass is 16.5. The van der Waals surface area contributed by atoms with E-state index in [0.29, 0.717) is 23.9 Å². The molecular formula is C27H50O. The highest BCUT2D eigenvalue weighted by molar-refractivity contribution is 4.96. The van der Waals surface area contributed by atoms with Crippen LogP contribution in [0.1, 0.15) is 118 Å². The molecule has 164 valence electrons. The summed E-state index contributed by atoms with van der Waals surface area (Å²) >= 11 is 0. The van der Waals surface area contributed by atoms with E-state index in [9.17, 15) is 0 Å². The summed E-state index contributed by atoms with van der Waals surface area (Å²) in [7, 11) is 0. The van der Waals surface area contributed by atoms with Crippen LogP contribution in [0.3, 0.4) is 0 Å². The lowest BCUT2D eigenvalue weighted by Gasteiger charge is -2.30. The summed E-state index contributed by atoms with van der Waals surface area (Å²) < 4.78 is 6.58. The smallest absolute Gasteiger partial charge is 0.103 e. The quantitative estimate of drug-likeness (QED) is 0.412. The third-order valence-electron chi connectivity index (χ3n) is 8.49. The van der Waals surface area contributed by atoms with Crippen LogP contribution in [0.4, 0.5) is 0 Å². The Morgan fingerprint density at radius 1 is 0.643 bits per heavy atom. The van der Waals surface area contributed by atoms with Gasteiger partial charge in [-0.2, -0.15) is 0 Å². The predicted octanol–water partition coefficient (Wildman–Crippen LogP) is 8.78. The SMILES string of the molecule is C=C(OC1C(C)CCC1C)C1CCC(CC)CCC(CC)CCC(CC)CC1. The first-order valence-corrected chi connectivity index (χ1v) is 12.8. The van der Waals surface area contributed by atoms with E-state index < -0.39 is 0 Å². The first-order valence-electron chi connectivity index (χ1n) is 12.8. The van der Waals surface area contributed by atoms with E-state index in [4.69, 9.17) is 4.74 Å². The van der Waals surface area contributed by atoms with Gasteiger partial charge in [-0.3, -0.25) is 0 Å². The molecule has 0 spiro atoms. The molecule has 2 rings (SSSR count). The second kappa shape index (κ2) is 12.3. The van der Waals surface area contributed by atoms with Crippen LogP contribution < -0.4 is 0 Å². The molecule has 1 heteroatoms. The summed E-state index contributed by atoms with van der Waals surface area (Å²) in [5.74, 6) is 5.84. The fourth-order valence-electron chi connectivity index (χ4n) is 5.86. The summed E-state index contributed by atoms with van der Waals surface area (Å²) in [6.45, 7) is 16.4. The zero-order valence-electron chi connectivity index (χ0n) is 19.8. The van der Waals surface area contributed by atoms with Gasteiger partial charge in [-0.1, -0.05) is 86.1 Å². The largest absolute Gasteiger partial charge is 0.495 e. The van der Waals surface area contributed by atoms with Crippen LogP contribution >= 0.6 is 0 Å². The van der Waals surface area contributed by atoms with Gasteiger partial charge in [-0.25, -0.2) is 0 Å². The highest BCUT2D eigenvalue weighted by Crippen LogP contribution is 2.38. The van der Waals surface area contributed by atoms with Gasteiger partial charge in [0, 0.05) is 5.92 Å². The molecule has 4 unspecified atom stereocenters. The summed E-state index contributed by atoms with van der Waals surface area (Å²) in [5.41, 5.74) is 0. The Morgan fingerprint density at radius 2 is 1.00 bits per heavy atom. The molecule has 0 aliphatic heterocycles. The summed E-state index contributed by atoms with van der Waals surface area (Å²) in [6, 6.07) is 0. The molecule has 2 aliphatic carbocycles. The van der Waals surface area contributed by atoms with E-state index in [1.165, 1.54) is 83.5 Å². The lowest BCUT2D eigenvalue weighted by atomic mass is 9.80. The van der Waals surface area contributed by atoms with Crippen molar-refractivity contribution in [2.75, 3.05) is 0 Å². The average molecular weight is 391 g/mol. The van der Waals surface area contributed by atoms with Gasteiger partial charge in [0.25, 0.3) is 0 Å². The molecule has 0 bridgehead atoms. The summed E-state index contributed by atoms with van der Waals surface area (Å²) in [4.78, 5) is 0. The van der Waals surface area contributed by atoms with Crippen molar-refractivity contribution in [3.8, 4) is 0 Å². The first kappa shape index (κ1) is 23.8. The third kappa shape index (κ3) is 7.10. The Balaban J connectivity index is 2.01. The third-order valence-corrected chi connectivity index (χ3v) is 8.49. The number of allylic oxidation sites excluding steroid dienone is 1. The summed E-state index contributed by atoms with van der Waals surface area (Å²) in [6.07, 6.45) is 18.2. The molecule has 0 aromatic carbocycles. The molecular weight excluding hydrogens is 340 g/mol. The minimum atomic E-state index is 0.406. The van der Waals surface area contributed by atoms with Crippen molar-refractivity contribution in [3.05, 3.63) is 12.3 Å². The monoisotopic (exact) mass is 390 g/mol. The predicted molar refractivity (Wildman–Crippen MR) is 123 cm³/mol. The number of hydrogen-bond acceptors (Lipinski definition) is 1. The molecule has 1 nitrogen and oxygen atoms in total. The van der Waals surface area contributed by atoms with E-state index in [1.807, 2.05) is 0 Å². The van der Waals surface area contributed by atoms with E-state index >= 15 is 0 Å². The maximum Gasteiger partial charge on any atom is 0.103 e. The van der Waals surface area contributed by atoms with Crippen LogP contribution in [0.2, 0.25) is 0 Å². The van der Waals surface area contributed by atoms with Crippen molar-refractivity contribution in [1.29, 1.82) is 0 Å².